The predicted molar refractivity (Wildman–Crippen MR) is 90.8 cm³/mol. The Morgan fingerprint density at radius 2 is 1.91 bits per heavy atom. The van der Waals surface area contributed by atoms with Crippen LogP contribution < -0.4 is 15.7 Å². The Morgan fingerprint density at radius 1 is 1.09 bits per heavy atom. The smallest absolute Gasteiger partial charge is 0.339 e. The van der Waals surface area contributed by atoms with Crippen molar-refractivity contribution in [3.8, 4) is 5.75 Å². The summed E-state index contributed by atoms with van der Waals surface area (Å²) in [7, 11) is 1.68. The molecular weight excluding hydrogens is 290 g/mol. The highest BCUT2D eigenvalue weighted by atomic mass is 16.5. The summed E-state index contributed by atoms with van der Waals surface area (Å²) in [5, 5.41) is 4.35. The number of methoxy groups -OCH3 is 1. The lowest BCUT2D eigenvalue weighted by atomic mass is 10.1. The van der Waals surface area contributed by atoms with Crippen molar-refractivity contribution in [2.24, 2.45) is 0 Å². The molecule has 4 heteroatoms. The highest BCUT2D eigenvalue weighted by Crippen LogP contribution is 2.18. The van der Waals surface area contributed by atoms with Gasteiger partial charge >= 0.3 is 5.63 Å². The van der Waals surface area contributed by atoms with Crippen LogP contribution in [0.25, 0.3) is 11.0 Å². The standard InChI is InChI=1S/C19H19NO3/c1-13-9-16-10-14(7-8-18(16)23-19(13)21)11-20-12-15-5-3-4-6-17(15)22-2/h3-10,20H,11-12H2,1-2H3. The molecule has 3 aromatic rings. The third-order valence-corrected chi connectivity index (χ3v) is 3.81. The number of hydrogen-bond acceptors (Lipinski definition) is 4. The quantitative estimate of drug-likeness (QED) is 0.734. The number of nitrogens with one attached hydrogen (secondary N) is 1. The van der Waals surface area contributed by atoms with Crippen LogP contribution >= 0.6 is 0 Å². The first kappa shape index (κ1) is 15.3. The van der Waals surface area contributed by atoms with E-state index in [4.69, 9.17) is 9.15 Å². The number of hydrogen-bond donors (Lipinski definition) is 1. The molecule has 0 aliphatic carbocycles. The fraction of sp³-hybridized carbons (Fsp3) is 0.211. The van der Waals surface area contributed by atoms with Crippen molar-refractivity contribution in [3.63, 3.8) is 0 Å². The number of benzene rings is 2. The molecule has 4 nitrogen and oxygen atoms in total. The van der Waals surface area contributed by atoms with Crippen LogP contribution in [0.1, 0.15) is 16.7 Å². The van der Waals surface area contributed by atoms with E-state index < -0.39 is 0 Å². The molecule has 23 heavy (non-hydrogen) atoms. The van der Waals surface area contributed by atoms with Crippen LogP contribution in [0.2, 0.25) is 0 Å². The van der Waals surface area contributed by atoms with E-state index >= 15 is 0 Å². The van der Waals surface area contributed by atoms with Gasteiger partial charge in [-0.25, -0.2) is 4.79 Å². The zero-order chi connectivity index (χ0) is 16.2. The Morgan fingerprint density at radius 3 is 2.74 bits per heavy atom. The fourth-order valence-corrected chi connectivity index (χ4v) is 2.58. The molecule has 0 atom stereocenters. The third-order valence-electron chi connectivity index (χ3n) is 3.81. The average Bonchev–Trinajstić information content (AvgIpc) is 2.56. The second-order valence-electron chi connectivity index (χ2n) is 5.50. The molecule has 1 heterocycles. The van der Waals surface area contributed by atoms with Gasteiger partial charge in [-0.1, -0.05) is 24.3 Å². The lowest BCUT2D eigenvalue weighted by Gasteiger charge is -2.10. The maximum absolute atomic E-state index is 11.5. The van der Waals surface area contributed by atoms with Crippen LogP contribution in [-0.4, -0.2) is 7.11 Å². The minimum absolute atomic E-state index is 0.278. The Kier molecular flexibility index (Phi) is 4.44. The number of rotatable bonds is 5. The normalized spacial score (nSPS) is 10.9. The number of aryl methyl sites for hydroxylation is 1. The van der Waals surface area contributed by atoms with Gasteiger partial charge in [0, 0.05) is 29.6 Å². The predicted octanol–water partition coefficient (Wildman–Crippen LogP) is 3.40. The topological polar surface area (TPSA) is 51.5 Å². The van der Waals surface area contributed by atoms with Crippen molar-refractivity contribution in [2.45, 2.75) is 20.0 Å². The first-order chi connectivity index (χ1) is 11.2. The zero-order valence-corrected chi connectivity index (χ0v) is 13.3. The van der Waals surface area contributed by atoms with E-state index in [1.165, 1.54) is 0 Å². The largest absolute Gasteiger partial charge is 0.496 e. The molecule has 0 unspecified atom stereocenters. The van der Waals surface area contributed by atoms with Gasteiger partial charge in [0.2, 0.25) is 0 Å². The molecule has 0 spiro atoms. The van der Waals surface area contributed by atoms with Crippen molar-refractivity contribution in [2.75, 3.05) is 7.11 Å². The van der Waals surface area contributed by atoms with Crippen molar-refractivity contribution in [1.29, 1.82) is 0 Å². The zero-order valence-electron chi connectivity index (χ0n) is 13.3. The lowest BCUT2D eigenvalue weighted by Crippen LogP contribution is -2.13. The van der Waals surface area contributed by atoms with E-state index in [2.05, 4.69) is 5.32 Å². The summed E-state index contributed by atoms with van der Waals surface area (Å²) in [6, 6.07) is 15.7. The summed E-state index contributed by atoms with van der Waals surface area (Å²) in [6.07, 6.45) is 0. The number of para-hydroxylation sites is 1. The Labute approximate surface area is 134 Å². The molecule has 0 amide bonds. The summed E-state index contributed by atoms with van der Waals surface area (Å²) in [6.45, 7) is 3.22. The molecule has 1 N–H and O–H groups in total. The van der Waals surface area contributed by atoms with Crippen LogP contribution in [0.3, 0.4) is 0 Å². The van der Waals surface area contributed by atoms with Gasteiger partial charge in [0.15, 0.2) is 0 Å². The molecule has 0 radical (unpaired) electrons. The van der Waals surface area contributed by atoms with E-state index in [1.807, 2.05) is 48.5 Å². The molecule has 0 fully saturated rings. The van der Waals surface area contributed by atoms with Gasteiger partial charge in [-0.05, 0) is 36.8 Å². The summed E-state index contributed by atoms with van der Waals surface area (Å²) in [4.78, 5) is 11.5. The average molecular weight is 309 g/mol. The van der Waals surface area contributed by atoms with Gasteiger partial charge in [0.25, 0.3) is 0 Å². The second-order valence-corrected chi connectivity index (χ2v) is 5.50. The summed E-state index contributed by atoms with van der Waals surface area (Å²) in [5.74, 6) is 0.885. The second kappa shape index (κ2) is 6.67. The maximum Gasteiger partial charge on any atom is 0.339 e. The minimum atomic E-state index is -0.278. The van der Waals surface area contributed by atoms with Crippen LogP contribution in [0.5, 0.6) is 5.75 Å². The summed E-state index contributed by atoms with van der Waals surface area (Å²) < 4.78 is 10.6. The Hall–Kier alpha value is -2.59. The molecule has 2 aromatic carbocycles. The van der Waals surface area contributed by atoms with E-state index in [-0.39, 0.29) is 5.63 Å². The molecule has 3 rings (SSSR count). The van der Waals surface area contributed by atoms with E-state index in [1.54, 1.807) is 14.0 Å². The highest BCUT2D eigenvalue weighted by molar-refractivity contribution is 5.77. The van der Waals surface area contributed by atoms with Crippen LogP contribution in [0.4, 0.5) is 0 Å². The molecule has 0 saturated heterocycles. The third kappa shape index (κ3) is 3.43. The van der Waals surface area contributed by atoms with Gasteiger partial charge in [0.05, 0.1) is 7.11 Å². The van der Waals surface area contributed by atoms with Crippen LogP contribution in [0, 0.1) is 6.92 Å². The van der Waals surface area contributed by atoms with Crippen molar-refractivity contribution >= 4 is 11.0 Å². The van der Waals surface area contributed by atoms with Gasteiger partial charge < -0.3 is 14.5 Å². The number of fused-ring (bicyclic) bond motifs is 1. The highest BCUT2D eigenvalue weighted by Gasteiger charge is 2.04. The van der Waals surface area contributed by atoms with E-state index in [0.717, 1.165) is 35.4 Å². The van der Waals surface area contributed by atoms with Crippen molar-refractivity contribution < 1.29 is 9.15 Å². The van der Waals surface area contributed by atoms with Gasteiger partial charge in [0.1, 0.15) is 11.3 Å². The molecule has 118 valence electrons. The molecule has 0 aliphatic rings. The van der Waals surface area contributed by atoms with Gasteiger partial charge in [-0.3, -0.25) is 0 Å². The number of ether oxygens (including phenoxy) is 1. The molecule has 0 bridgehead atoms. The lowest BCUT2D eigenvalue weighted by molar-refractivity contribution is 0.407. The van der Waals surface area contributed by atoms with Crippen LogP contribution in [0.15, 0.2) is 57.7 Å². The molecule has 1 aromatic heterocycles. The SMILES string of the molecule is COc1ccccc1CNCc1ccc2oc(=O)c(C)cc2c1. The fourth-order valence-electron chi connectivity index (χ4n) is 2.58. The Balaban J connectivity index is 1.72. The molecule has 0 aliphatic heterocycles. The van der Waals surface area contributed by atoms with E-state index in [9.17, 15) is 4.79 Å². The van der Waals surface area contributed by atoms with Gasteiger partial charge in [-0.2, -0.15) is 0 Å². The monoisotopic (exact) mass is 309 g/mol. The van der Waals surface area contributed by atoms with Crippen molar-refractivity contribution in [1.82, 2.24) is 5.32 Å². The summed E-state index contributed by atoms with van der Waals surface area (Å²) in [5.41, 5.74) is 3.23. The maximum atomic E-state index is 11.5. The first-order valence-corrected chi connectivity index (χ1v) is 7.53. The molecule has 0 saturated carbocycles. The summed E-state index contributed by atoms with van der Waals surface area (Å²) >= 11 is 0. The minimum Gasteiger partial charge on any atom is -0.496 e. The van der Waals surface area contributed by atoms with Crippen LogP contribution in [-0.2, 0) is 13.1 Å². The van der Waals surface area contributed by atoms with Gasteiger partial charge in [-0.15, -0.1) is 0 Å². The molecular formula is C19H19NO3. The van der Waals surface area contributed by atoms with E-state index in [0.29, 0.717) is 11.1 Å². The Bertz CT molecular complexity index is 883. The first-order valence-electron chi connectivity index (χ1n) is 7.53. The van der Waals surface area contributed by atoms with Crippen molar-refractivity contribution in [3.05, 3.63) is 75.6 Å².